The van der Waals surface area contributed by atoms with Gasteiger partial charge in [-0.05, 0) is 34.4 Å². The van der Waals surface area contributed by atoms with Crippen molar-refractivity contribution in [2.45, 2.75) is 35.9 Å². The van der Waals surface area contributed by atoms with Gasteiger partial charge >= 0.3 is 24.7 Å². The maximum atomic E-state index is 13.6. The van der Waals surface area contributed by atoms with Crippen molar-refractivity contribution in [2.75, 3.05) is 11.5 Å². The molecule has 0 aliphatic carbocycles. The number of benzene rings is 3. The molecule has 0 aliphatic heterocycles. The van der Waals surface area contributed by atoms with Crippen molar-refractivity contribution >= 4 is 32.9 Å². The van der Waals surface area contributed by atoms with E-state index in [0.29, 0.717) is 6.07 Å². The lowest BCUT2D eigenvalue weighted by atomic mass is 9.83. The van der Waals surface area contributed by atoms with Crippen molar-refractivity contribution in [1.82, 2.24) is 0 Å². The first kappa shape index (κ1) is 27.4. The molecule has 198 valence electrons. The Bertz CT molecular complexity index is 1310. The third-order valence-electron chi connectivity index (χ3n) is 5.62. The largest absolute Gasteiger partial charge is 0.430 e. The molecule has 0 saturated heterocycles. The fourth-order valence-corrected chi connectivity index (χ4v) is 3.81. The van der Waals surface area contributed by atoms with Gasteiger partial charge in [0.05, 0.1) is 0 Å². The number of halogens is 12. The maximum Gasteiger partial charge on any atom is 0.430 e. The van der Waals surface area contributed by atoms with Gasteiger partial charge < -0.3 is 21.7 Å². The lowest BCUT2D eigenvalue weighted by Gasteiger charge is -2.34. The number of nitrogen functional groups attached to an aromatic ring is 2. The number of anilines is 2. The lowest BCUT2D eigenvalue weighted by molar-refractivity contribution is -0.376. The highest BCUT2D eigenvalue weighted by atomic mass is 19.4. The van der Waals surface area contributed by atoms with Crippen LogP contribution in [0.2, 0.25) is 0 Å². The molecule has 3 rings (SSSR count). The maximum absolute atomic E-state index is 13.6. The monoisotopic (exact) mass is 540 g/mol. The van der Waals surface area contributed by atoms with Crippen molar-refractivity contribution in [3.05, 3.63) is 47.5 Å². The molecule has 4 nitrogen and oxygen atoms in total. The number of aliphatic hydroxyl groups is 2. The molecule has 0 fully saturated rings. The van der Waals surface area contributed by atoms with Gasteiger partial charge in [0.1, 0.15) is 0 Å². The number of hydrogen-bond donors (Lipinski definition) is 4. The number of hydrogen-bond acceptors (Lipinski definition) is 4. The normalized spacial score (nSPS) is 14.6. The predicted molar refractivity (Wildman–Crippen MR) is 102 cm³/mol. The van der Waals surface area contributed by atoms with Gasteiger partial charge in [-0.25, -0.2) is 0 Å². The third kappa shape index (κ3) is 3.65. The first-order valence-electron chi connectivity index (χ1n) is 9.27. The Morgan fingerprint density at radius 1 is 0.500 bits per heavy atom. The molecule has 0 unspecified atom stereocenters. The van der Waals surface area contributed by atoms with Crippen LogP contribution in [0, 0.1) is 0 Å². The Hall–Kier alpha value is -3.14. The van der Waals surface area contributed by atoms with Crippen molar-refractivity contribution in [3.63, 3.8) is 0 Å². The number of alkyl halides is 12. The van der Waals surface area contributed by atoms with Gasteiger partial charge in [0.25, 0.3) is 11.2 Å². The van der Waals surface area contributed by atoms with Gasteiger partial charge in [0, 0.05) is 27.9 Å². The highest BCUT2D eigenvalue weighted by molar-refractivity contribution is 6.14. The summed E-state index contributed by atoms with van der Waals surface area (Å²) >= 11 is 0. The second-order valence-electron chi connectivity index (χ2n) is 7.76. The van der Waals surface area contributed by atoms with Crippen LogP contribution in [0.1, 0.15) is 11.1 Å². The molecule has 0 atom stereocenters. The van der Waals surface area contributed by atoms with Crippen molar-refractivity contribution in [2.24, 2.45) is 0 Å². The standard InChI is InChI=1S/C20H12F12N2O2/c21-17(22,23)15(35,18(24,25)26)10-3-4-12(33)8-2-1-7-5-11(13(34)6-9(7)14(8)10)16(36,19(27,28)29)20(30,31)32/h1-6,35-36H,33-34H2. The zero-order chi connectivity index (χ0) is 27.9. The quantitative estimate of drug-likeness (QED) is 0.188. The van der Waals surface area contributed by atoms with E-state index in [-0.39, 0.29) is 18.2 Å². The van der Waals surface area contributed by atoms with E-state index in [1.807, 2.05) is 0 Å². The second-order valence-corrected chi connectivity index (χ2v) is 7.76. The number of nitrogens with two attached hydrogens (primary N) is 2. The van der Waals surface area contributed by atoms with E-state index in [4.69, 9.17) is 11.5 Å². The summed E-state index contributed by atoms with van der Waals surface area (Å²) < 4.78 is 161. The summed E-state index contributed by atoms with van der Waals surface area (Å²) in [7, 11) is 0. The smallest absolute Gasteiger partial charge is 0.398 e. The van der Waals surface area contributed by atoms with Crippen LogP contribution >= 0.6 is 0 Å². The summed E-state index contributed by atoms with van der Waals surface area (Å²) in [4.78, 5) is 0. The highest BCUT2D eigenvalue weighted by Gasteiger charge is 2.73. The molecular formula is C20H12F12N2O2. The van der Waals surface area contributed by atoms with Crippen molar-refractivity contribution in [1.29, 1.82) is 0 Å². The van der Waals surface area contributed by atoms with Crippen LogP contribution in [-0.2, 0) is 11.2 Å². The van der Waals surface area contributed by atoms with Crippen LogP contribution in [-0.4, -0.2) is 34.9 Å². The van der Waals surface area contributed by atoms with E-state index in [1.165, 1.54) is 0 Å². The summed E-state index contributed by atoms with van der Waals surface area (Å²) in [6.07, 6.45) is -25.5. The SMILES string of the molecule is Nc1cc2c(ccc3c(N)ccc(C(O)(C(F)(F)F)C(F)(F)F)c32)cc1C(O)(C(F)(F)F)C(F)(F)F. The molecule has 0 aliphatic rings. The van der Waals surface area contributed by atoms with Gasteiger partial charge in [-0.15, -0.1) is 0 Å². The molecule has 0 bridgehead atoms. The Balaban J connectivity index is 2.56. The molecule has 3 aromatic carbocycles. The van der Waals surface area contributed by atoms with Gasteiger partial charge in [-0.3, -0.25) is 0 Å². The number of rotatable bonds is 2. The summed E-state index contributed by atoms with van der Waals surface area (Å²) in [5.41, 5.74) is -5.85. The van der Waals surface area contributed by atoms with Crippen LogP contribution in [0.3, 0.4) is 0 Å². The highest BCUT2D eigenvalue weighted by Crippen LogP contribution is 2.55. The summed E-state index contributed by atoms with van der Waals surface area (Å²) in [6.45, 7) is 0. The van der Waals surface area contributed by atoms with E-state index in [2.05, 4.69) is 0 Å². The minimum Gasteiger partial charge on any atom is -0.398 e. The van der Waals surface area contributed by atoms with Crippen LogP contribution < -0.4 is 11.5 Å². The zero-order valence-electron chi connectivity index (χ0n) is 17.0. The van der Waals surface area contributed by atoms with Gasteiger partial charge in [-0.2, -0.15) is 52.7 Å². The molecule has 6 N–H and O–H groups in total. The molecule has 36 heavy (non-hydrogen) atoms. The van der Waals surface area contributed by atoms with Gasteiger partial charge in [0.2, 0.25) is 0 Å². The van der Waals surface area contributed by atoms with E-state index in [9.17, 15) is 62.9 Å². The van der Waals surface area contributed by atoms with Crippen LogP contribution in [0.25, 0.3) is 21.5 Å². The first-order valence-corrected chi connectivity index (χ1v) is 9.27. The van der Waals surface area contributed by atoms with E-state index >= 15 is 0 Å². The fraction of sp³-hybridized carbons (Fsp3) is 0.300. The molecule has 3 aromatic rings. The van der Waals surface area contributed by atoms with E-state index < -0.39 is 80.0 Å². The average molecular weight is 540 g/mol. The van der Waals surface area contributed by atoms with E-state index in [0.717, 1.165) is 12.1 Å². The first-order chi connectivity index (χ1) is 16.0. The molecule has 0 amide bonds. The molecule has 0 heterocycles. The summed E-state index contributed by atoms with van der Waals surface area (Å²) in [6, 6.07) is 2.49. The Kier molecular flexibility index (Phi) is 5.85. The summed E-state index contributed by atoms with van der Waals surface area (Å²) in [5, 5.41) is 16.3. The van der Waals surface area contributed by atoms with Crippen LogP contribution in [0.5, 0.6) is 0 Å². The van der Waals surface area contributed by atoms with Crippen LogP contribution in [0.15, 0.2) is 36.4 Å². The predicted octanol–water partition coefficient (Wildman–Crippen LogP) is 5.78. The molecule has 0 radical (unpaired) electrons. The molecule has 0 aromatic heterocycles. The minimum atomic E-state index is -6.38. The number of fused-ring (bicyclic) bond motifs is 3. The Morgan fingerprint density at radius 3 is 1.39 bits per heavy atom. The molecule has 0 spiro atoms. The van der Waals surface area contributed by atoms with Crippen molar-refractivity contribution < 1.29 is 62.9 Å². The Labute approximate surface area is 191 Å². The zero-order valence-corrected chi connectivity index (χ0v) is 17.0. The molecular weight excluding hydrogens is 528 g/mol. The minimum absolute atomic E-state index is 0.0261. The van der Waals surface area contributed by atoms with Crippen molar-refractivity contribution in [3.8, 4) is 0 Å². The lowest BCUT2D eigenvalue weighted by Crippen LogP contribution is -2.54. The fourth-order valence-electron chi connectivity index (χ4n) is 3.81. The van der Waals surface area contributed by atoms with Gasteiger partial charge in [0.15, 0.2) is 0 Å². The third-order valence-corrected chi connectivity index (χ3v) is 5.62. The average Bonchev–Trinajstić information content (AvgIpc) is 2.69. The van der Waals surface area contributed by atoms with Crippen LogP contribution in [0.4, 0.5) is 64.1 Å². The molecule has 0 saturated carbocycles. The Morgan fingerprint density at radius 2 is 0.944 bits per heavy atom. The second kappa shape index (κ2) is 7.68. The van der Waals surface area contributed by atoms with E-state index in [1.54, 1.807) is 0 Å². The summed E-state index contributed by atoms with van der Waals surface area (Å²) in [5.74, 6) is 0. The molecule has 16 heteroatoms. The topological polar surface area (TPSA) is 92.5 Å². The van der Waals surface area contributed by atoms with Gasteiger partial charge in [-0.1, -0.05) is 18.2 Å².